The number of ether oxygens (including phenoxy) is 1. The third kappa shape index (κ3) is 5.35. The van der Waals surface area contributed by atoms with Crippen molar-refractivity contribution in [1.82, 2.24) is 4.90 Å². The molecule has 0 radical (unpaired) electrons. The summed E-state index contributed by atoms with van der Waals surface area (Å²) in [6, 6.07) is 10.5. The molecule has 1 aromatic rings. The van der Waals surface area contributed by atoms with Gasteiger partial charge < -0.3 is 4.74 Å². The van der Waals surface area contributed by atoms with Crippen molar-refractivity contribution < 1.29 is 9.53 Å². The number of nitrogens with zero attached hydrogens (tertiary/aromatic N) is 1. The summed E-state index contributed by atoms with van der Waals surface area (Å²) >= 11 is 0. The van der Waals surface area contributed by atoms with Gasteiger partial charge in [0.05, 0.1) is 13.2 Å². The van der Waals surface area contributed by atoms with Crippen molar-refractivity contribution in [3.8, 4) is 0 Å². The Morgan fingerprint density at radius 1 is 1.33 bits per heavy atom. The van der Waals surface area contributed by atoms with Gasteiger partial charge in [-0.15, -0.1) is 0 Å². The van der Waals surface area contributed by atoms with E-state index in [9.17, 15) is 4.79 Å². The highest BCUT2D eigenvalue weighted by molar-refractivity contribution is 5.71. The Kier molecular flexibility index (Phi) is 6.00. The molecule has 2 rings (SSSR count). The molecule has 1 aliphatic carbocycles. The lowest BCUT2D eigenvalue weighted by Gasteiger charge is -2.28. The van der Waals surface area contributed by atoms with E-state index >= 15 is 0 Å². The third-order valence-electron chi connectivity index (χ3n) is 3.86. The van der Waals surface area contributed by atoms with Gasteiger partial charge in [0.25, 0.3) is 0 Å². The van der Waals surface area contributed by atoms with Crippen molar-refractivity contribution in [2.45, 2.75) is 39.2 Å². The molecule has 0 aliphatic heterocycles. The van der Waals surface area contributed by atoms with Crippen LogP contribution in [0.5, 0.6) is 0 Å². The summed E-state index contributed by atoms with van der Waals surface area (Å²) in [5.41, 5.74) is 2.79. The Balaban J connectivity index is 1.98. The van der Waals surface area contributed by atoms with Gasteiger partial charge in [-0.2, -0.15) is 0 Å². The molecule has 0 heterocycles. The number of benzene rings is 1. The van der Waals surface area contributed by atoms with E-state index in [2.05, 4.69) is 30.0 Å². The van der Waals surface area contributed by atoms with Gasteiger partial charge in [0.1, 0.15) is 0 Å². The number of hydrogen-bond acceptors (Lipinski definition) is 3. The van der Waals surface area contributed by atoms with E-state index in [1.165, 1.54) is 18.4 Å². The van der Waals surface area contributed by atoms with Gasteiger partial charge in [-0.25, -0.2) is 0 Å². The van der Waals surface area contributed by atoms with Crippen LogP contribution in [-0.4, -0.2) is 30.6 Å². The van der Waals surface area contributed by atoms with Crippen LogP contribution in [0.25, 0.3) is 0 Å². The predicted octanol–water partition coefficient (Wildman–Crippen LogP) is 3.72. The first-order valence-electron chi connectivity index (χ1n) is 7.83. The van der Waals surface area contributed by atoms with Crippen LogP contribution >= 0.6 is 0 Å². The number of rotatable bonds is 8. The molecule has 1 atom stereocenters. The molecule has 0 unspecified atom stereocenters. The average molecular weight is 287 g/mol. The number of esters is 1. The highest BCUT2D eigenvalue weighted by Crippen LogP contribution is 2.28. The summed E-state index contributed by atoms with van der Waals surface area (Å²) in [7, 11) is 0. The number of hydrogen-bond donors (Lipinski definition) is 0. The Hall–Kier alpha value is -1.61. The number of carbonyl (C=O) groups is 1. The lowest BCUT2D eigenvalue weighted by Crippen LogP contribution is -2.34. The van der Waals surface area contributed by atoms with Crippen LogP contribution in [0, 0.1) is 0 Å². The fourth-order valence-corrected chi connectivity index (χ4v) is 2.44. The Bertz CT molecular complexity index is 475. The summed E-state index contributed by atoms with van der Waals surface area (Å²) in [5, 5.41) is 0. The molecule has 1 aliphatic rings. The zero-order valence-corrected chi connectivity index (χ0v) is 13.0. The summed E-state index contributed by atoms with van der Waals surface area (Å²) in [6.45, 7) is 5.68. The zero-order valence-electron chi connectivity index (χ0n) is 13.0. The second-order valence-electron chi connectivity index (χ2n) is 5.51. The highest BCUT2D eigenvalue weighted by atomic mass is 16.5. The normalized spacial score (nSPS) is 14.9. The Labute approximate surface area is 127 Å². The van der Waals surface area contributed by atoms with Gasteiger partial charge in [-0.3, -0.25) is 9.69 Å². The van der Waals surface area contributed by atoms with Crippen LogP contribution in [0.15, 0.2) is 42.0 Å². The summed E-state index contributed by atoms with van der Waals surface area (Å²) < 4.78 is 5.10. The average Bonchev–Trinajstić information content (AvgIpc) is 3.31. The molecule has 3 heteroatoms. The molecule has 3 nitrogen and oxygen atoms in total. The molecule has 114 valence electrons. The predicted molar refractivity (Wildman–Crippen MR) is 85.0 cm³/mol. The van der Waals surface area contributed by atoms with Gasteiger partial charge in [0.2, 0.25) is 0 Å². The molecule has 1 saturated carbocycles. The molecule has 0 N–H and O–H groups in total. The van der Waals surface area contributed by atoms with Crippen LogP contribution in [0.3, 0.4) is 0 Å². The van der Waals surface area contributed by atoms with E-state index in [-0.39, 0.29) is 12.0 Å². The lowest BCUT2D eigenvalue weighted by molar-refractivity contribution is -0.145. The quantitative estimate of drug-likeness (QED) is 0.539. The second-order valence-corrected chi connectivity index (χ2v) is 5.51. The minimum atomic E-state index is -0.139. The van der Waals surface area contributed by atoms with Crippen LogP contribution < -0.4 is 0 Å². The fraction of sp³-hybridized carbons (Fsp3) is 0.500. The molecule has 0 bridgehead atoms. The molecule has 1 aromatic carbocycles. The van der Waals surface area contributed by atoms with Crippen LogP contribution in [0.1, 0.15) is 44.7 Å². The van der Waals surface area contributed by atoms with Crippen molar-refractivity contribution >= 4 is 5.97 Å². The monoisotopic (exact) mass is 287 g/mol. The van der Waals surface area contributed by atoms with Crippen LogP contribution in [-0.2, 0) is 9.53 Å². The highest BCUT2D eigenvalue weighted by Gasteiger charge is 2.19. The maximum Gasteiger partial charge on any atom is 0.320 e. The first kappa shape index (κ1) is 15.8. The summed E-state index contributed by atoms with van der Waals surface area (Å²) in [6.07, 6.45) is 5.83. The van der Waals surface area contributed by atoms with Crippen LogP contribution in [0.2, 0.25) is 0 Å². The van der Waals surface area contributed by atoms with E-state index in [1.807, 2.05) is 25.1 Å². The molecule has 0 amide bonds. The lowest BCUT2D eigenvalue weighted by atomic mass is 10.1. The molecule has 1 fully saturated rings. The van der Waals surface area contributed by atoms with Gasteiger partial charge in [-0.05, 0) is 38.7 Å². The number of allylic oxidation sites excluding steroid dienone is 1. The van der Waals surface area contributed by atoms with Crippen molar-refractivity contribution in [3.63, 3.8) is 0 Å². The molecule has 0 saturated heterocycles. The second kappa shape index (κ2) is 7.99. The van der Waals surface area contributed by atoms with E-state index in [1.54, 1.807) is 5.57 Å². The van der Waals surface area contributed by atoms with Crippen molar-refractivity contribution in [1.29, 1.82) is 0 Å². The fourth-order valence-electron chi connectivity index (χ4n) is 2.44. The standard InChI is InChI=1S/C18H25NO2/c1-3-21-18(20)14-19(13-7-8-16-11-12-16)15(2)17-9-5-4-6-10-17/h4-6,8-10,15H,3,7,11-14H2,1-2H3/t15-/m0/s1. The minimum absolute atomic E-state index is 0.139. The first-order chi connectivity index (χ1) is 10.2. The zero-order chi connectivity index (χ0) is 15.1. The molecular weight excluding hydrogens is 262 g/mol. The van der Waals surface area contributed by atoms with Gasteiger partial charge in [0, 0.05) is 12.6 Å². The maximum absolute atomic E-state index is 11.8. The smallest absolute Gasteiger partial charge is 0.320 e. The van der Waals surface area contributed by atoms with Gasteiger partial charge in [-0.1, -0.05) is 42.0 Å². The maximum atomic E-state index is 11.8. The van der Waals surface area contributed by atoms with E-state index in [0.717, 1.165) is 13.0 Å². The number of carbonyl (C=O) groups excluding carboxylic acids is 1. The van der Waals surface area contributed by atoms with Crippen LogP contribution in [0.4, 0.5) is 0 Å². The molecule has 0 aromatic heterocycles. The molecule has 21 heavy (non-hydrogen) atoms. The first-order valence-corrected chi connectivity index (χ1v) is 7.83. The summed E-state index contributed by atoms with van der Waals surface area (Å²) in [5.74, 6) is -0.139. The molecule has 0 spiro atoms. The van der Waals surface area contributed by atoms with Gasteiger partial charge >= 0.3 is 5.97 Å². The van der Waals surface area contributed by atoms with Crippen molar-refractivity contribution in [2.75, 3.05) is 19.7 Å². The van der Waals surface area contributed by atoms with Crippen molar-refractivity contribution in [3.05, 3.63) is 47.5 Å². The summed E-state index contributed by atoms with van der Waals surface area (Å²) in [4.78, 5) is 14.0. The Morgan fingerprint density at radius 2 is 2.05 bits per heavy atom. The van der Waals surface area contributed by atoms with Crippen molar-refractivity contribution in [2.24, 2.45) is 0 Å². The van der Waals surface area contributed by atoms with E-state index in [4.69, 9.17) is 4.74 Å². The van der Waals surface area contributed by atoms with E-state index in [0.29, 0.717) is 13.2 Å². The SMILES string of the molecule is CCOC(=O)CN(CCC=C1CC1)[C@@H](C)c1ccccc1. The van der Waals surface area contributed by atoms with Gasteiger partial charge in [0.15, 0.2) is 0 Å². The third-order valence-corrected chi connectivity index (χ3v) is 3.86. The topological polar surface area (TPSA) is 29.5 Å². The Morgan fingerprint density at radius 3 is 2.67 bits per heavy atom. The van der Waals surface area contributed by atoms with E-state index < -0.39 is 0 Å². The largest absolute Gasteiger partial charge is 0.465 e. The minimum Gasteiger partial charge on any atom is -0.465 e. The molecular formula is C18H25NO2.